The third-order valence-corrected chi connectivity index (χ3v) is 4.36. The number of hydroxylamine groups is 1. The van der Waals surface area contributed by atoms with E-state index in [2.05, 4.69) is 19.3 Å². The molecule has 1 aromatic rings. The summed E-state index contributed by atoms with van der Waals surface area (Å²) in [7, 11) is 0. The van der Waals surface area contributed by atoms with Crippen LogP contribution >= 0.6 is 11.8 Å². The number of phenolic OH excluding ortho intramolecular Hbond substituents is 3. The highest BCUT2D eigenvalue weighted by atomic mass is 32.2. The van der Waals surface area contributed by atoms with E-state index >= 15 is 0 Å². The summed E-state index contributed by atoms with van der Waals surface area (Å²) >= 11 is 1.76. The number of nitrogens with one attached hydrogen (secondary N) is 1. The van der Waals surface area contributed by atoms with Gasteiger partial charge in [-0.25, -0.2) is 0 Å². The fourth-order valence-electron chi connectivity index (χ4n) is 2.32. The van der Waals surface area contributed by atoms with Gasteiger partial charge in [-0.15, -0.1) is 0 Å². The number of allylic oxidation sites excluding steroid dienone is 1. The second kappa shape index (κ2) is 9.57. The molecule has 1 unspecified atom stereocenters. The molecule has 0 fully saturated rings. The van der Waals surface area contributed by atoms with Crippen LogP contribution in [0.2, 0.25) is 0 Å². The number of rotatable bonds is 9. The summed E-state index contributed by atoms with van der Waals surface area (Å²) in [6.07, 6.45) is 3.03. The van der Waals surface area contributed by atoms with Crippen LogP contribution in [-0.4, -0.2) is 32.9 Å². The van der Waals surface area contributed by atoms with Crippen LogP contribution < -0.4 is 5.48 Å². The average molecular weight is 341 g/mol. The zero-order valence-electron chi connectivity index (χ0n) is 14.2. The van der Waals surface area contributed by atoms with Gasteiger partial charge in [-0.2, -0.15) is 11.8 Å². The third kappa shape index (κ3) is 5.25. The number of hydrogen-bond acceptors (Lipinski definition) is 6. The Labute approximate surface area is 142 Å². The standard InChI is InChI=1S/C17H27NO4S/c1-5-8-13(18-22-6-2)15-14(19)10-12(16(20)17(15)21)9-11(4)23-7-3/h8,10-11,18-21H,5-7,9H2,1-4H3. The zero-order chi connectivity index (χ0) is 17.4. The largest absolute Gasteiger partial charge is 0.507 e. The van der Waals surface area contributed by atoms with E-state index in [9.17, 15) is 15.3 Å². The molecule has 0 aliphatic carbocycles. The number of benzene rings is 1. The maximum absolute atomic E-state index is 10.3. The van der Waals surface area contributed by atoms with Crippen LogP contribution in [0.25, 0.3) is 5.70 Å². The predicted octanol–water partition coefficient (Wildman–Crippen LogP) is 3.78. The van der Waals surface area contributed by atoms with E-state index in [0.717, 1.165) is 5.75 Å². The quantitative estimate of drug-likeness (QED) is 0.311. The van der Waals surface area contributed by atoms with Crippen molar-refractivity contribution in [3.8, 4) is 17.2 Å². The van der Waals surface area contributed by atoms with Crippen molar-refractivity contribution in [1.29, 1.82) is 0 Å². The van der Waals surface area contributed by atoms with Crippen LogP contribution in [0.3, 0.4) is 0 Å². The van der Waals surface area contributed by atoms with Gasteiger partial charge in [0.1, 0.15) is 5.75 Å². The highest BCUT2D eigenvalue weighted by Crippen LogP contribution is 2.42. The molecule has 6 heteroatoms. The highest BCUT2D eigenvalue weighted by Gasteiger charge is 2.21. The second-order valence-corrected chi connectivity index (χ2v) is 6.87. The van der Waals surface area contributed by atoms with Gasteiger partial charge >= 0.3 is 0 Å². The Morgan fingerprint density at radius 3 is 2.52 bits per heavy atom. The molecule has 1 aromatic carbocycles. The molecule has 0 saturated carbocycles. The summed E-state index contributed by atoms with van der Waals surface area (Å²) in [5, 5.41) is 31.2. The summed E-state index contributed by atoms with van der Waals surface area (Å²) in [6, 6.07) is 1.51. The van der Waals surface area contributed by atoms with Crippen molar-refractivity contribution >= 4 is 17.5 Å². The van der Waals surface area contributed by atoms with Crippen molar-refractivity contribution in [1.82, 2.24) is 5.48 Å². The number of aromatic hydroxyl groups is 3. The van der Waals surface area contributed by atoms with Crippen molar-refractivity contribution in [2.24, 2.45) is 0 Å². The zero-order valence-corrected chi connectivity index (χ0v) is 15.0. The van der Waals surface area contributed by atoms with Gasteiger partial charge in [0, 0.05) is 10.8 Å². The van der Waals surface area contributed by atoms with Gasteiger partial charge in [0.15, 0.2) is 11.5 Å². The Balaban J connectivity index is 3.20. The fourth-order valence-corrected chi connectivity index (χ4v) is 3.19. The van der Waals surface area contributed by atoms with Crippen molar-refractivity contribution in [2.45, 2.75) is 45.8 Å². The molecule has 130 valence electrons. The SMILES string of the molecule is CCC=C(NOCC)c1c(O)cc(CC(C)SCC)c(O)c1O. The minimum absolute atomic E-state index is 0.0871. The van der Waals surface area contributed by atoms with E-state index in [1.807, 2.05) is 13.8 Å². The van der Waals surface area contributed by atoms with Gasteiger partial charge < -0.3 is 15.3 Å². The van der Waals surface area contributed by atoms with E-state index in [-0.39, 0.29) is 28.1 Å². The van der Waals surface area contributed by atoms with Gasteiger partial charge in [-0.1, -0.05) is 26.8 Å². The highest BCUT2D eigenvalue weighted by molar-refractivity contribution is 7.99. The minimum atomic E-state index is -0.333. The first-order valence-corrected chi connectivity index (χ1v) is 8.97. The van der Waals surface area contributed by atoms with Crippen molar-refractivity contribution < 1.29 is 20.2 Å². The van der Waals surface area contributed by atoms with Crippen LogP contribution in [0.15, 0.2) is 12.1 Å². The molecule has 0 saturated heterocycles. The second-order valence-electron chi connectivity index (χ2n) is 5.16. The molecule has 0 heterocycles. The Bertz CT molecular complexity index is 546. The Morgan fingerprint density at radius 2 is 1.96 bits per heavy atom. The predicted molar refractivity (Wildman–Crippen MR) is 95.8 cm³/mol. The van der Waals surface area contributed by atoms with E-state index in [1.54, 1.807) is 17.8 Å². The molecule has 0 aromatic heterocycles. The summed E-state index contributed by atoms with van der Waals surface area (Å²) in [5.74, 6) is 0.359. The summed E-state index contributed by atoms with van der Waals surface area (Å²) in [4.78, 5) is 5.15. The third-order valence-electron chi connectivity index (χ3n) is 3.29. The van der Waals surface area contributed by atoms with Gasteiger partial charge in [-0.05, 0) is 31.6 Å². The maximum Gasteiger partial charge on any atom is 0.171 e. The summed E-state index contributed by atoms with van der Waals surface area (Å²) < 4.78 is 0. The van der Waals surface area contributed by atoms with Crippen LogP contribution in [0.5, 0.6) is 17.2 Å². The average Bonchev–Trinajstić information content (AvgIpc) is 2.50. The first kappa shape index (κ1) is 19.5. The van der Waals surface area contributed by atoms with E-state index in [0.29, 0.717) is 30.7 Å². The van der Waals surface area contributed by atoms with Crippen LogP contribution in [-0.2, 0) is 11.3 Å². The Hall–Kier alpha value is -1.53. The molecule has 5 nitrogen and oxygen atoms in total. The fraction of sp³-hybridized carbons (Fsp3) is 0.529. The van der Waals surface area contributed by atoms with E-state index < -0.39 is 0 Å². The summed E-state index contributed by atoms with van der Waals surface area (Å²) in [6.45, 7) is 8.30. The monoisotopic (exact) mass is 341 g/mol. The first-order chi connectivity index (χ1) is 11.0. The van der Waals surface area contributed by atoms with E-state index in [1.165, 1.54) is 6.07 Å². The normalized spacial score (nSPS) is 13.1. The molecule has 4 N–H and O–H groups in total. The van der Waals surface area contributed by atoms with E-state index in [4.69, 9.17) is 4.84 Å². The number of thioether (sulfide) groups is 1. The van der Waals surface area contributed by atoms with Gasteiger partial charge in [0.05, 0.1) is 17.9 Å². The lowest BCUT2D eigenvalue weighted by Crippen LogP contribution is -2.13. The number of hydrogen-bond donors (Lipinski definition) is 4. The lowest BCUT2D eigenvalue weighted by Gasteiger charge is -2.18. The Morgan fingerprint density at radius 1 is 1.26 bits per heavy atom. The topological polar surface area (TPSA) is 82.0 Å². The summed E-state index contributed by atoms with van der Waals surface area (Å²) in [5.41, 5.74) is 3.82. The molecule has 1 rings (SSSR count). The van der Waals surface area contributed by atoms with Crippen molar-refractivity contribution in [2.75, 3.05) is 12.4 Å². The van der Waals surface area contributed by atoms with Crippen LogP contribution in [0, 0.1) is 0 Å². The lowest BCUT2D eigenvalue weighted by molar-refractivity contribution is 0.0894. The van der Waals surface area contributed by atoms with Gasteiger partial charge in [0.2, 0.25) is 0 Å². The molecule has 0 amide bonds. The molecule has 0 radical (unpaired) electrons. The molecule has 1 atom stereocenters. The van der Waals surface area contributed by atoms with Gasteiger partial charge in [0.25, 0.3) is 0 Å². The first-order valence-electron chi connectivity index (χ1n) is 7.92. The minimum Gasteiger partial charge on any atom is -0.507 e. The van der Waals surface area contributed by atoms with Crippen LogP contribution in [0.1, 0.15) is 45.2 Å². The molecule has 0 spiro atoms. The Kier molecular flexibility index (Phi) is 8.12. The van der Waals surface area contributed by atoms with Crippen molar-refractivity contribution in [3.05, 3.63) is 23.3 Å². The molecular weight excluding hydrogens is 314 g/mol. The maximum atomic E-state index is 10.3. The molecule has 23 heavy (non-hydrogen) atoms. The molecule has 0 aliphatic rings. The smallest absolute Gasteiger partial charge is 0.171 e. The molecule has 0 aliphatic heterocycles. The molecule has 0 bridgehead atoms. The number of phenols is 3. The van der Waals surface area contributed by atoms with Crippen molar-refractivity contribution in [3.63, 3.8) is 0 Å². The van der Waals surface area contributed by atoms with Gasteiger partial charge in [-0.3, -0.25) is 10.3 Å². The van der Waals surface area contributed by atoms with Crippen LogP contribution in [0.4, 0.5) is 0 Å². The lowest BCUT2D eigenvalue weighted by atomic mass is 10.0. The molecular formula is C17H27NO4S.